The normalized spacial score (nSPS) is 21.6. The molecule has 2 amide bonds. The molecule has 2 atom stereocenters. The molecule has 1 fully saturated rings. The Bertz CT molecular complexity index is 1370. The van der Waals surface area contributed by atoms with Crippen molar-refractivity contribution in [2.24, 2.45) is 5.92 Å². The third-order valence-electron chi connectivity index (χ3n) is 6.58. The molecule has 1 aliphatic heterocycles. The average Bonchev–Trinajstić information content (AvgIpc) is 3.40. The molecular formula is C24H26N2O5S2. The molecule has 0 bridgehead atoms. The van der Waals surface area contributed by atoms with Crippen molar-refractivity contribution in [3.05, 3.63) is 51.6 Å². The van der Waals surface area contributed by atoms with Crippen LogP contribution in [0, 0.1) is 12.8 Å². The topological polar surface area (TPSA) is 105 Å². The number of rotatable bonds is 4. The van der Waals surface area contributed by atoms with Crippen LogP contribution < -0.4 is 10.6 Å². The van der Waals surface area contributed by atoms with Gasteiger partial charge in [0.25, 0.3) is 11.8 Å². The molecule has 2 N–H and O–H groups in total. The number of benzene rings is 1. The van der Waals surface area contributed by atoms with Gasteiger partial charge in [-0.3, -0.25) is 9.59 Å². The van der Waals surface area contributed by atoms with E-state index in [2.05, 4.69) is 17.6 Å². The molecule has 9 heteroatoms. The lowest BCUT2D eigenvalue weighted by atomic mass is 9.88. The van der Waals surface area contributed by atoms with E-state index in [1.165, 1.54) is 11.3 Å². The summed E-state index contributed by atoms with van der Waals surface area (Å²) in [5, 5.41) is 7.20. The van der Waals surface area contributed by atoms with Crippen molar-refractivity contribution < 1.29 is 22.4 Å². The molecule has 0 unspecified atom stereocenters. The largest absolute Gasteiger partial charge is 0.451 e. The molecule has 3 aromatic rings. The summed E-state index contributed by atoms with van der Waals surface area (Å²) < 4.78 is 29.5. The van der Waals surface area contributed by atoms with Gasteiger partial charge in [-0.1, -0.05) is 25.1 Å². The van der Waals surface area contributed by atoms with Crippen LogP contribution in [0.4, 0.5) is 5.00 Å². The number of sulfone groups is 1. The SMILES string of the molecule is Cc1c(C(=O)Nc2sc3c(c2C(=O)N[C@@H]2CCS(=O)(=O)C2)CC[C@H](C)C3)oc2ccccc12. The fourth-order valence-corrected chi connectivity index (χ4v) is 7.87. The highest BCUT2D eigenvalue weighted by atomic mass is 32.2. The predicted octanol–water partition coefficient (Wildman–Crippen LogP) is 4.10. The van der Waals surface area contributed by atoms with Crippen molar-refractivity contribution in [3.63, 3.8) is 0 Å². The van der Waals surface area contributed by atoms with Crippen LogP contribution in [0.25, 0.3) is 11.0 Å². The number of fused-ring (bicyclic) bond motifs is 2. The van der Waals surface area contributed by atoms with Gasteiger partial charge in [0.05, 0.1) is 17.1 Å². The second-order valence-electron chi connectivity index (χ2n) is 9.14. The monoisotopic (exact) mass is 486 g/mol. The first kappa shape index (κ1) is 22.2. The van der Waals surface area contributed by atoms with Crippen molar-refractivity contribution in [2.45, 2.75) is 45.6 Å². The lowest BCUT2D eigenvalue weighted by Gasteiger charge is -2.19. The first-order chi connectivity index (χ1) is 15.7. The third kappa shape index (κ3) is 4.19. The van der Waals surface area contributed by atoms with Gasteiger partial charge >= 0.3 is 0 Å². The maximum Gasteiger partial charge on any atom is 0.292 e. The Balaban J connectivity index is 1.47. The average molecular weight is 487 g/mol. The van der Waals surface area contributed by atoms with E-state index in [4.69, 9.17) is 4.42 Å². The number of anilines is 1. The van der Waals surface area contributed by atoms with Crippen LogP contribution in [0.3, 0.4) is 0 Å². The number of hydrogen-bond acceptors (Lipinski definition) is 6. The molecular weight excluding hydrogens is 460 g/mol. The van der Waals surface area contributed by atoms with Gasteiger partial charge in [-0.25, -0.2) is 8.42 Å². The fraction of sp³-hybridized carbons (Fsp3) is 0.417. The van der Waals surface area contributed by atoms with Crippen molar-refractivity contribution in [1.82, 2.24) is 5.32 Å². The first-order valence-corrected chi connectivity index (χ1v) is 13.8. The Morgan fingerprint density at radius 1 is 1.15 bits per heavy atom. The maximum absolute atomic E-state index is 13.3. The highest BCUT2D eigenvalue weighted by Gasteiger charge is 2.33. The minimum absolute atomic E-state index is 0.0397. The fourth-order valence-electron chi connectivity index (χ4n) is 4.80. The summed E-state index contributed by atoms with van der Waals surface area (Å²) in [6.45, 7) is 4.03. The van der Waals surface area contributed by atoms with Crippen molar-refractivity contribution in [1.29, 1.82) is 0 Å². The summed E-state index contributed by atoms with van der Waals surface area (Å²) in [6.07, 6.45) is 3.01. The zero-order chi connectivity index (χ0) is 23.3. The number of thiophene rings is 1. The molecule has 2 aliphatic rings. The number of carbonyl (C=O) groups excluding carboxylic acids is 2. The summed E-state index contributed by atoms with van der Waals surface area (Å²) in [5.74, 6) is 0.0692. The highest BCUT2D eigenvalue weighted by molar-refractivity contribution is 7.91. The lowest BCUT2D eigenvalue weighted by Crippen LogP contribution is -2.36. The molecule has 0 radical (unpaired) electrons. The predicted molar refractivity (Wildman–Crippen MR) is 129 cm³/mol. The first-order valence-electron chi connectivity index (χ1n) is 11.2. The number of aryl methyl sites for hydroxylation is 1. The van der Waals surface area contributed by atoms with E-state index >= 15 is 0 Å². The molecule has 174 valence electrons. The molecule has 0 saturated carbocycles. The van der Waals surface area contributed by atoms with Crippen LogP contribution in [0.5, 0.6) is 0 Å². The number of para-hydroxylation sites is 1. The number of hydrogen-bond donors (Lipinski definition) is 2. The third-order valence-corrected chi connectivity index (χ3v) is 9.52. The summed E-state index contributed by atoms with van der Waals surface area (Å²) in [7, 11) is -3.11. The van der Waals surface area contributed by atoms with E-state index < -0.39 is 21.8 Å². The molecule has 7 nitrogen and oxygen atoms in total. The van der Waals surface area contributed by atoms with Crippen molar-refractivity contribution in [3.8, 4) is 0 Å². The van der Waals surface area contributed by atoms with Gasteiger partial charge in [0.2, 0.25) is 0 Å². The Labute approximate surface area is 196 Å². The van der Waals surface area contributed by atoms with Gasteiger partial charge in [-0.2, -0.15) is 0 Å². The molecule has 1 saturated heterocycles. The van der Waals surface area contributed by atoms with Gasteiger partial charge in [-0.05, 0) is 50.2 Å². The summed E-state index contributed by atoms with van der Waals surface area (Å²) >= 11 is 1.43. The Hall–Kier alpha value is -2.65. The summed E-state index contributed by atoms with van der Waals surface area (Å²) in [5.41, 5.74) is 2.82. The van der Waals surface area contributed by atoms with Crippen LogP contribution in [-0.4, -0.2) is 37.8 Å². The second-order valence-corrected chi connectivity index (χ2v) is 12.5. The zero-order valence-electron chi connectivity index (χ0n) is 18.6. The molecule has 2 aromatic heterocycles. The van der Waals surface area contributed by atoms with E-state index in [0.717, 1.165) is 40.7 Å². The molecule has 0 spiro atoms. The van der Waals surface area contributed by atoms with Crippen LogP contribution in [0.2, 0.25) is 0 Å². The van der Waals surface area contributed by atoms with E-state index in [1.54, 1.807) is 0 Å². The summed E-state index contributed by atoms with van der Waals surface area (Å²) in [4.78, 5) is 27.6. The van der Waals surface area contributed by atoms with Crippen LogP contribution in [0.1, 0.15) is 56.7 Å². The Kier molecular flexibility index (Phi) is 5.56. The second kappa shape index (κ2) is 8.29. The minimum atomic E-state index is -3.11. The van der Waals surface area contributed by atoms with Gasteiger partial charge < -0.3 is 15.1 Å². The zero-order valence-corrected chi connectivity index (χ0v) is 20.2. The Morgan fingerprint density at radius 2 is 1.94 bits per heavy atom. The quantitative estimate of drug-likeness (QED) is 0.578. The van der Waals surface area contributed by atoms with E-state index in [9.17, 15) is 18.0 Å². The van der Waals surface area contributed by atoms with E-state index in [1.807, 2.05) is 31.2 Å². The number of furan rings is 1. The standard InChI is InChI=1S/C24H26N2O5S2/c1-13-7-8-17-19(11-13)32-24(20(17)22(27)25-15-9-10-33(29,30)12-15)26-23(28)21-14(2)16-5-3-4-6-18(16)31-21/h3-6,13,15H,7-12H2,1-2H3,(H,25,27)(H,26,28)/t13-,15+/m0/s1. The van der Waals surface area contributed by atoms with Gasteiger partial charge in [0.15, 0.2) is 15.6 Å². The molecule has 33 heavy (non-hydrogen) atoms. The molecule has 1 aliphatic carbocycles. The van der Waals surface area contributed by atoms with E-state index in [0.29, 0.717) is 28.5 Å². The number of carbonyl (C=O) groups is 2. The number of nitrogens with one attached hydrogen (secondary N) is 2. The van der Waals surface area contributed by atoms with Crippen molar-refractivity contribution in [2.75, 3.05) is 16.8 Å². The van der Waals surface area contributed by atoms with Crippen molar-refractivity contribution >= 4 is 49.0 Å². The lowest BCUT2D eigenvalue weighted by molar-refractivity contribution is 0.0941. The van der Waals surface area contributed by atoms with Gasteiger partial charge in [0.1, 0.15) is 10.6 Å². The van der Waals surface area contributed by atoms with Crippen LogP contribution in [0.15, 0.2) is 28.7 Å². The van der Waals surface area contributed by atoms with Crippen LogP contribution in [-0.2, 0) is 22.7 Å². The molecule has 1 aromatic carbocycles. The van der Waals surface area contributed by atoms with Gasteiger partial charge in [-0.15, -0.1) is 11.3 Å². The van der Waals surface area contributed by atoms with Gasteiger partial charge in [0, 0.05) is 21.9 Å². The van der Waals surface area contributed by atoms with E-state index in [-0.39, 0.29) is 23.2 Å². The highest BCUT2D eigenvalue weighted by Crippen LogP contribution is 2.40. The number of amides is 2. The maximum atomic E-state index is 13.3. The van der Waals surface area contributed by atoms with Crippen LogP contribution >= 0.6 is 11.3 Å². The Morgan fingerprint density at radius 3 is 2.67 bits per heavy atom. The smallest absolute Gasteiger partial charge is 0.292 e. The molecule has 5 rings (SSSR count). The minimum Gasteiger partial charge on any atom is -0.451 e. The molecule has 3 heterocycles. The summed E-state index contributed by atoms with van der Waals surface area (Å²) in [6, 6.07) is 7.07.